The number of pyridine rings is 1. The zero-order valence-electron chi connectivity index (χ0n) is 16.6. The number of hydrogen-bond acceptors (Lipinski definition) is 5. The van der Waals surface area contributed by atoms with Crippen LogP contribution in [0.4, 0.5) is 14.5 Å². The number of fused-ring (bicyclic) bond motifs is 1. The van der Waals surface area contributed by atoms with Gasteiger partial charge in [0.2, 0.25) is 5.91 Å². The van der Waals surface area contributed by atoms with Crippen LogP contribution in [0.1, 0.15) is 23.2 Å². The van der Waals surface area contributed by atoms with Crippen molar-refractivity contribution in [1.29, 1.82) is 0 Å². The van der Waals surface area contributed by atoms with Crippen LogP contribution in [0.3, 0.4) is 0 Å². The van der Waals surface area contributed by atoms with Crippen molar-refractivity contribution in [2.24, 2.45) is 0 Å². The highest BCUT2D eigenvalue weighted by atomic mass is 35.5. The highest BCUT2D eigenvalue weighted by Gasteiger charge is 2.25. The van der Waals surface area contributed by atoms with Crippen molar-refractivity contribution < 1.29 is 23.1 Å². The maximum atomic E-state index is 12.7. The molecule has 0 aliphatic heterocycles. The van der Waals surface area contributed by atoms with E-state index in [-0.39, 0.29) is 34.4 Å². The first-order chi connectivity index (χ1) is 15.4. The quantitative estimate of drug-likeness (QED) is 0.440. The minimum Gasteiger partial charge on any atom is -0.433 e. The maximum Gasteiger partial charge on any atom is 0.387 e. The molecule has 166 valence electrons. The van der Waals surface area contributed by atoms with Crippen molar-refractivity contribution in [2.75, 3.05) is 11.1 Å². The number of para-hydroxylation sites is 1. The number of ether oxygens (including phenoxy) is 1. The number of halogens is 3. The van der Waals surface area contributed by atoms with E-state index in [2.05, 4.69) is 20.4 Å². The van der Waals surface area contributed by atoms with E-state index in [1.165, 1.54) is 30.0 Å². The van der Waals surface area contributed by atoms with Gasteiger partial charge in [0.1, 0.15) is 5.75 Å². The molecule has 0 atom stereocenters. The predicted molar refractivity (Wildman–Crippen MR) is 120 cm³/mol. The Morgan fingerprint density at radius 3 is 2.69 bits per heavy atom. The number of hydrogen-bond donors (Lipinski definition) is 2. The van der Waals surface area contributed by atoms with Gasteiger partial charge in [-0.05, 0) is 43.2 Å². The number of amides is 2. The molecule has 3 aromatic rings. The Morgan fingerprint density at radius 1 is 1.19 bits per heavy atom. The number of aromatic nitrogens is 1. The van der Waals surface area contributed by atoms with Crippen molar-refractivity contribution in [2.45, 2.75) is 30.5 Å². The summed E-state index contributed by atoms with van der Waals surface area (Å²) >= 11 is 7.09. The van der Waals surface area contributed by atoms with Crippen LogP contribution in [0.25, 0.3) is 10.9 Å². The van der Waals surface area contributed by atoms with Crippen LogP contribution < -0.4 is 15.4 Å². The van der Waals surface area contributed by atoms with Crippen molar-refractivity contribution in [3.63, 3.8) is 0 Å². The number of benzene rings is 2. The fraction of sp³-hybridized carbons (Fsp3) is 0.227. The number of nitrogens with one attached hydrogen (secondary N) is 2. The van der Waals surface area contributed by atoms with Gasteiger partial charge in [-0.2, -0.15) is 8.78 Å². The lowest BCUT2D eigenvalue weighted by atomic mass is 10.1. The lowest BCUT2D eigenvalue weighted by Crippen LogP contribution is -2.25. The first-order valence-corrected chi connectivity index (χ1v) is 11.1. The first-order valence-electron chi connectivity index (χ1n) is 9.76. The Morgan fingerprint density at radius 2 is 1.97 bits per heavy atom. The molecule has 1 aliphatic rings. The van der Waals surface area contributed by atoms with E-state index < -0.39 is 6.61 Å². The summed E-state index contributed by atoms with van der Waals surface area (Å²) in [5.74, 6) is -0.640. The zero-order valence-corrected chi connectivity index (χ0v) is 18.2. The molecule has 1 heterocycles. The largest absolute Gasteiger partial charge is 0.433 e. The third-order valence-corrected chi connectivity index (χ3v) is 5.84. The van der Waals surface area contributed by atoms with Gasteiger partial charge in [-0.1, -0.05) is 41.6 Å². The van der Waals surface area contributed by atoms with Gasteiger partial charge >= 0.3 is 6.61 Å². The molecule has 1 fully saturated rings. The Kier molecular flexibility index (Phi) is 6.76. The molecule has 0 spiro atoms. The molecule has 6 nitrogen and oxygen atoms in total. The van der Waals surface area contributed by atoms with E-state index in [0.29, 0.717) is 21.8 Å². The molecule has 0 radical (unpaired) electrons. The molecule has 32 heavy (non-hydrogen) atoms. The van der Waals surface area contributed by atoms with E-state index in [0.717, 1.165) is 18.2 Å². The van der Waals surface area contributed by atoms with Crippen LogP contribution >= 0.6 is 23.4 Å². The van der Waals surface area contributed by atoms with Crippen LogP contribution in [0.15, 0.2) is 53.6 Å². The molecule has 0 unspecified atom stereocenters. The average molecular weight is 478 g/mol. The molecule has 2 amide bonds. The summed E-state index contributed by atoms with van der Waals surface area (Å²) in [6.45, 7) is -2.99. The third kappa shape index (κ3) is 5.66. The smallest absolute Gasteiger partial charge is 0.387 e. The summed E-state index contributed by atoms with van der Waals surface area (Å²) in [6, 6.07) is 13.3. The van der Waals surface area contributed by atoms with Crippen LogP contribution in [0.2, 0.25) is 5.02 Å². The third-order valence-electron chi connectivity index (χ3n) is 4.63. The van der Waals surface area contributed by atoms with Crippen LogP contribution in [0, 0.1) is 0 Å². The van der Waals surface area contributed by atoms with Gasteiger partial charge < -0.3 is 15.4 Å². The highest BCUT2D eigenvalue weighted by molar-refractivity contribution is 7.99. The number of thioether (sulfide) groups is 1. The number of alkyl halides is 2. The summed E-state index contributed by atoms with van der Waals surface area (Å²) < 4.78 is 28.9. The van der Waals surface area contributed by atoms with E-state index in [9.17, 15) is 18.4 Å². The molecule has 2 aromatic carbocycles. The van der Waals surface area contributed by atoms with E-state index in [4.69, 9.17) is 11.6 Å². The van der Waals surface area contributed by atoms with Crippen molar-refractivity contribution in [3.05, 3.63) is 59.1 Å². The minimum absolute atomic E-state index is 0.0297. The lowest BCUT2D eigenvalue weighted by molar-refractivity contribution is -0.113. The molecular weight excluding hydrogens is 460 g/mol. The summed E-state index contributed by atoms with van der Waals surface area (Å²) in [7, 11) is 0. The summed E-state index contributed by atoms with van der Waals surface area (Å²) in [4.78, 5) is 29.6. The number of carbonyl (C=O) groups is 2. The Labute approximate surface area is 191 Å². The first kappa shape index (κ1) is 22.3. The molecule has 1 saturated carbocycles. The van der Waals surface area contributed by atoms with Gasteiger partial charge in [-0.15, -0.1) is 0 Å². The summed E-state index contributed by atoms with van der Waals surface area (Å²) in [5, 5.41) is 6.88. The number of rotatable bonds is 8. The second-order valence-corrected chi connectivity index (χ2v) is 8.54. The van der Waals surface area contributed by atoms with E-state index in [1.54, 1.807) is 6.07 Å². The maximum absolute atomic E-state index is 12.7. The number of nitrogens with zero attached hydrogens (tertiary/aromatic N) is 1. The fourth-order valence-corrected chi connectivity index (χ4v) is 3.95. The van der Waals surface area contributed by atoms with Gasteiger partial charge in [0.25, 0.3) is 5.91 Å². The summed E-state index contributed by atoms with van der Waals surface area (Å²) in [6.07, 6.45) is 1.96. The topological polar surface area (TPSA) is 80.3 Å². The van der Waals surface area contributed by atoms with E-state index in [1.807, 2.05) is 24.3 Å². The monoisotopic (exact) mass is 477 g/mol. The van der Waals surface area contributed by atoms with Gasteiger partial charge in [-0.3, -0.25) is 9.59 Å². The SMILES string of the molecule is O=C(CSc1cc(C(=O)NC2CC2)c2ccccc2n1)Nc1ccc(OC(F)F)c(Cl)c1. The van der Waals surface area contributed by atoms with Gasteiger partial charge in [0, 0.05) is 17.1 Å². The molecule has 0 bridgehead atoms. The molecule has 1 aromatic heterocycles. The molecule has 0 saturated heterocycles. The number of carbonyl (C=O) groups excluding carboxylic acids is 2. The lowest BCUT2D eigenvalue weighted by Gasteiger charge is -2.11. The molecule has 2 N–H and O–H groups in total. The van der Waals surface area contributed by atoms with Crippen molar-refractivity contribution in [1.82, 2.24) is 10.3 Å². The van der Waals surface area contributed by atoms with E-state index >= 15 is 0 Å². The van der Waals surface area contributed by atoms with Gasteiger partial charge in [-0.25, -0.2) is 4.98 Å². The fourth-order valence-electron chi connectivity index (χ4n) is 3.01. The second-order valence-electron chi connectivity index (χ2n) is 7.13. The predicted octanol–water partition coefficient (Wildman–Crippen LogP) is 5.11. The Balaban J connectivity index is 1.44. The van der Waals surface area contributed by atoms with Crippen LogP contribution in [-0.2, 0) is 4.79 Å². The van der Waals surface area contributed by atoms with Gasteiger partial charge in [0.15, 0.2) is 0 Å². The average Bonchev–Trinajstić information content (AvgIpc) is 3.57. The highest BCUT2D eigenvalue weighted by Crippen LogP contribution is 2.30. The van der Waals surface area contributed by atoms with Crippen molar-refractivity contribution in [3.8, 4) is 5.75 Å². The number of anilines is 1. The second kappa shape index (κ2) is 9.70. The van der Waals surface area contributed by atoms with Crippen LogP contribution in [-0.4, -0.2) is 35.2 Å². The normalized spacial score (nSPS) is 13.2. The molecular formula is C22H18ClF2N3O3S. The van der Waals surface area contributed by atoms with Crippen LogP contribution in [0.5, 0.6) is 5.75 Å². The van der Waals surface area contributed by atoms with Crippen molar-refractivity contribution >= 4 is 51.8 Å². The Bertz CT molecular complexity index is 1170. The Hall–Kier alpha value is -2.91. The molecule has 4 rings (SSSR count). The van der Waals surface area contributed by atoms with Gasteiger partial charge in [0.05, 0.1) is 26.9 Å². The minimum atomic E-state index is -2.99. The standard InChI is InChI=1S/C22H18ClF2N3O3S/c23-16-9-13(7-8-18(16)31-22(24)25)26-19(29)11-32-20-10-15(21(30)27-12-5-6-12)14-3-1-2-4-17(14)28-20/h1-4,7-10,12,22H,5-6,11H2,(H,26,29)(H,27,30). The zero-order chi connectivity index (χ0) is 22.7. The molecule has 1 aliphatic carbocycles. The molecule has 10 heteroatoms. The summed E-state index contributed by atoms with van der Waals surface area (Å²) in [5.41, 5.74) is 1.53.